The van der Waals surface area contributed by atoms with Crippen molar-refractivity contribution in [2.24, 2.45) is 0 Å². The first-order valence-electron chi connectivity index (χ1n) is 8.58. The van der Waals surface area contributed by atoms with Crippen molar-refractivity contribution in [3.05, 3.63) is 65.1 Å². The normalized spacial score (nSPS) is 15.3. The van der Waals surface area contributed by atoms with Gasteiger partial charge in [-0.15, -0.1) is 0 Å². The number of anilines is 2. The highest BCUT2D eigenvalue weighted by Gasteiger charge is 2.43. The number of fused-ring (bicyclic) bond motifs is 2. The van der Waals surface area contributed by atoms with E-state index in [1.54, 1.807) is 56.3 Å². The van der Waals surface area contributed by atoms with Crippen LogP contribution in [0.1, 0.15) is 13.8 Å². The second-order valence-electron chi connectivity index (χ2n) is 6.93. The first-order chi connectivity index (χ1) is 12.9. The molecule has 7 heteroatoms. The summed E-state index contributed by atoms with van der Waals surface area (Å²) in [5, 5.41) is 2.83. The molecule has 2 amide bonds. The lowest BCUT2D eigenvalue weighted by molar-refractivity contribution is -0.126. The van der Waals surface area contributed by atoms with Crippen LogP contribution in [0.3, 0.4) is 0 Å². The van der Waals surface area contributed by atoms with Gasteiger partial charge in [-0.25, -0.2) is 4.98 Å². The maximum absolute atomic E-state index is 13.3. The number of carbonyl (C=O) groups is 2. The van der Waals surface area contributed by atoms with Crippen molar-refractivity contribution in [1.29, 1.82) is 0 Å². The molecule has 1 N–H and O–H groups in total. The largest absolute Gasteiger partial charge is 0.322 e. The van der Waals surface area contributed by atoms with Crippen molar-refractivity contribution in [2.75, 3.05) is 10.2 Å². The summed E-state index contributed by atoms with van der Waals surface area (Å²) in [6.07, 6.45) is 1.21. The fraction of sp³-hybridized carbons (Fsp3) is 0.200. The van der Waals surface area contributed by atoms with Gasteiger partial charge in [-0.3, -0.25) is 23.9 Å². The number of rotatable bonds is 2. The average molecular weight is 362 g/mol. The number of amides is 2. The maximum atomic E-state index is 13.3. The molecule has 4 rings (SSSR count). The summed E-state index contributed by atoms with van der Waals surface area (Å²) in [7, 11) is 0. The van der Waals surface area contributed by atoms with E-state index in [0.717, 1.165) is 0 Å². The fourth-order valence-corrected chi connectivity index (χ4v) is 3.38. The number of para-hydroxylation sites is 4. The minimum absolute atomic E-state index is 0.188. The molecule has 136 valence electrons. The van der Waals surface area contributed by atoms with Crippen LogP contribution in [0.15, 0.2) is 59.5 Å². The summed E-state index contributed by atoms with van der Waals surface area (Å²) in [5.74, 6) is -0.623. The number of nitrogens with one attached hydrogen (secondary N) is 1. The van der Waals surface area contributed by atoms with E-state index >= 15 is 0 Å². The van der Waals surface area contributed by atoms with Crippen molar-refractivity contribution < 1.29 is 9.59 Å². The summed E-state index contributed by atoms with van der Waals surface area (Å²) in [6.45, 7) is 3.18. The van der Waals surface area contributed by atoms with E-state index in [2.05, 4.69) is 10.3 Å². The standard InChI is InChI=1S/C20H18N4O3/c1-20(2)19(27)22-14-8-4-6-10-16(14)24(20)18(26)12-23-15-9-5-3-7-13(15)21-11-17(23)25/h3-11H,12H2,1-2H3,(H,22,27). The van der Waals surface area contributed by atoms with Crippen LogP contribution < -0.4 is 15.8 Å². The smallest absolute Gasteiger partial charge is 0.269 e. The summed E-state index contributed by atoms with van der Waals surface area (Å²) >= 11 is 0. The molecule has 1 aliphatic rings. The van der Waals surface area contributed by atoms with Crippen LogP contribution in [-0.4, -0.2) is 26.9 Å². The van der Waals surface area contributed by atoms with Crippen LogP contribution in [0.2, 0.25) is 0 Å². The zero-order chi connectivity index (χ0) is 19.2. The Balaban J connectivity index is 1.81. The van der Waals surface area contributed by atoms with E-state index in [9.17, 15) is 14.4 Å². The van der Waals surface area contributed by atoms with E-state index in [0.29, 0.717) is 22.4 Å². The summed E-state index contributed by atoms with van der Waals surface area (Å²) in [4.78, 5) is 43.7. The van der Waals surface area contributed by atoms with E-state index < -0.39 is 5.54 Å². The molecule has 0 bridgehead atoms. The molecule has 0 aliphatic carbocycles. The predicted octanol–water partition coefficient (Wildman–Crippen LogP) is 2.16. The fourth-order valence-electron chi connectivity index (χ4n) is 3.38. The first-order valence-corrected chi connectivity index (χ1v) is 8.58. The Morgan fingerprint density at radius 3 is 2.59 bits per heavy atom. The Hall–Kier alpha value is -3.48. The van der Waals surface area contributed by atoms with E-state index in [1.807, 2.05) is 6.07 Å². The quantitative estimate of drug-likeness (QED) is 0.757. The zero-order valence-corrected chi connectivity index (χ0v) is 15.0. The third-order valence-electron chi connectivity index (χ3n) is 4.80. The van der Waals surface area contributed by atoms with Crippen LogP contribution in [0, 0.1) is 0 Å². The van der Waals surface area contributed by atoms with Gasteiger partial charge in [0.1, 0.15) is 12.1 Å². The number of benzene rings is 2. The summed E-state index contributed by atoms with van der Waals surface area (Å²) in [6, 6.07) is 14.3. The van der Waals surface area contributed by atoms with Gasteiger partial charge in [-0.05, 0) is 38.1 Å². The molecule has 1 aromatic heterocycles. The highest BCUT2D eigenvalue weighted by atomic mass is 16.2. The van der Waals surface area contributed by atoms with Crippen LogP contribution in [-0.2, 0) is 16.1 Å². The summed E-state index contributed by atoms with van der Waals surface area (Å²) < 4.78 is 1.38. The van der Waals surface area contributed by atoms with Gasteiger partial charge < -0.3 is 5.32 Å². The molecular weight excluding hydrogens is 344 g/mol. The molecule has 0 fully saturated rings. The second kappa shape index (κ2) is 6.05. The molecule has 2 aromatic carbocycles. The Morgan fingerprint density at radius 2 is 1.78 bits per heavy atom. The van der Waals surface area contributed by atoms with Gasteiger partial charge in [-0.2, -0.15) is 0 Å². The third-order valence-corrected chi connectivity index (χ3v) is 4.80. The van der Waals surface area contributed by atoms with Gasteiger partial charge in [0.2, 0.25) is 11.8 Å². The lowest BCUT2D eigenvalue weighted by Crippen LogP contribution is -2.59. The molecule has 27 heavy (non-hydrogen) atoms. The Morgan fingerprint density at radius 1 is 1.07 bits per heavy atom. The maximum Gasteiger partial charge on any atom is 0.269 e. The molecule has 0 radical (unpaired) electrons. The van der Waals surface area contributed by atoms with Gasteiger partial charge in [0.15, 0.2) is 0 Å². The Labute approximate surface area is 155 Å². The lowest BCUT2D eigenvalue weighted by Gasteiger charge is -2.42. The number of hydrogen-bond donors (Lipinski definition) is 1. The van der Waals surface area contributed by atoms with Gasteiger partial charge in [-0.1, -0.05) is 24.3 Å². The van der Waals surface area contributed by atoms with E-state index in [-0.39, 0.29) is 23.9 Å². The average Bonchev–Trinajstić information content (AvgIpc) is 2.65. The monoisotopic (exact) mass is 362 g/mol. The van der Waals surface area contributed by atoms with Gasteiger partial charge >= 0.3 is 0 Å². The summed E-state index contributed by atoms with van der Waals surface area (Å²) in [5.41, 5.74) is 0.930. The molecule has 0 spiro atoms. The highest BCUT2D eigenvalue weighted by Crippen LogP contribution is 2.36. The topological polar surface area (TPSA) is 84.3 Å². The van der Waals surface area contributed by atoms with Crippen LogP contribution in [0.5, 0.6) is 0 Å². The molecule has 2 heterocycles. The minimum atomic E-state index is -1.09. The van der Waals surface area contributed by atoms with Crippen molar-refractivity contribution in [3.63, 3.8) is 0 Å². The van der Waals surface area contributed by atoms with Crippen molar-refractivity contribution in [2.45, 2.75) is 25.9 Å². The Bertz CT molecular complexity index is 1130. The molecule has 0 unspecified atom stereocenters. The first kappa shape index (κ1) is 17.0. The number of aromatic nitrogens is 2. The van der Waals surface area contributed by atoms with Crippen LogP contribution >= 0.6 is 0 Å². The number of carbonyl (C=O) groups excluding carboxylic acids is 2. The Kier molecular flexibility index (Phi) is 3.80. The molecule has 3 aromatic rings. The van der Waals surface area contributed by atoms with Crippen molar-refractivity contribution in [1.82, 2.24) is 9.55 Å². The van der Waals surface area contributed by atoms with Gasteiger partial charge in [0, 0.05) is 0 Å². The minimum Gasteiger partial charge on any atom is -0.322 e. The second-order valence-corrected chi connectivity index (χ2v) is 6.93. The van der Waals surface area contributed by atoms with Crippen LogP contribution in [0.4, 0.5) is 11.4 Å². The lowest BCUT2D eigenvalue weighted by atomic mass is 9.96. The molecule has 0 saturated carbocycles. The molecule has 0 atom stereocenters. The van der Waals surface area contributed by atoms with E-state index in [1.165, 1.54) is 15.7 Å². The SMILES string of the molecule is CC1(C)C(=O)Nc2ccccc2N1C(=O)Cn1c(=O)cnc2ccccc21. The molecule has 7 nitrogen and oxygen atoms in total. The molecule has 1 aliphatic heterocycles. The highest BCUT2D eigenvalue weighted by molar-refractivity contribution is 6.14. The predicted molar refractivity (Wildman–Crippen MR) is 103 cm³/mol. The van der Waals surface area contributed by atoms with Crippen molar-refractivity contribution >= 4 is 34.2 Å². The van der Waals surface area contributed by atoms with Gasteiger partial charge in [0.25, 0.3) is 5.56 Å². The number of nitrogens with zero attached hydrogens (tertiary/aromatic N) is 3. The van der Waals surface area contributed by atoms with Crippen LogP contribution in [0.25, 0.3) is 11.0 Å². The number of hydrogen-bond acceptors (Lipinski definition) is 4. The third kappa shape index (κ3) is 2.68. The zero-order valence-electron chi connectivity index (χ0n) is 15.0. The van der Waals surface area contributed by atoms with Crippen molar-refractivity contribution in [3.8, 4) is 0 Å². The van der Waals surface area contributed by atoms with E-state index in [4.69, 9.17) is 0 Å². The molecular formula is C20H18N4O3. The molecule has 0 saturated heterocycles. The van der Waals surface area contributed by atoms with Gasteiger partial charge in [0.05, 0.1) is 28.6 Å².